The smallest absolute Gasteiger partial charge is 0.206 e. The van der Waals surface area contributed by atoms with Crippen LogP contribution in [0.25, 0.3) is 0 Å². The van der Waals surface area contributed by atoms with E-state index in [1.165, 1.54) is 11.1 Å². The molecule has 5 heteroatoms. The summed E-state index contributed by atoms with van der Waals surface area (Å²) in [6.45, 7) is 20.2. The normalized spacial score (nSPS) is 19.6. The third kappa shape index (κ3) is 7.83. The van der Waals surface area contributed by atoms with Crippen LogP contribution < -0.4 is 9.47 Å². The maximum Gasteiger partial charge on any atom is 0.206 e. The van der Waals surface area contributed by atoms with E-state index in [0.717, 1.165) is 62.0 Å². The maximum absolute atomic E-state index is 13.8. The van der Waals surface area contributed by atoms with E-state index in [2.05, 4.69) is 111 Å². The fourth-order valence-electron chi connectivity index (χ4n) is 8.19. The molecule has 4 nitrogen and oxygen atoms in total. The summed E-state index contributed by atoms with van der Waals surface area (Å²) >= 11 is 0. The molecule has 0 aromatic heterocycles. The molecule has 4 aromatic rings. The fraction of sp³-hybridized carbons (Fsp3) is 0.467. The van der Waals surface area contributed by atoms with Gasteiger partial charge in [0.2, 0.25) is 9.84 Å². The van der Waals surface area contributed by atoms with Gasteiger partial charge in [-0.15, -0.1) is 0 Å². The van der Waals surface area contributed by atoms with Crippen LogP contribution in [0.4, 0.5) is 0 Å². The van der Waals surface area contributed by atoms with Crippen LogP contribution in [0, 0.1) is 11.3 Å². The van der Waals surface area contributed by atoms with Gasteiger partial charge in [0.25, 0.3) is 0 Å². The first-order chi connectivity index (χ1) is 23.6. The van der Waals surface area contributed by atoms with E-state index < -0.39 is 9.84 Å². The van der Waals surface area contributed by atoms with Crippen molar-refractivity contribution in [3.05, 3.63) is 114 Å². The molecule has 4 aromatic carbocycles. The van der Waals surface area contributed by atoms with Crippen LogP contribution in [0.2, 0.25) is 0 Å². The Hall–Kier alpha value is -3.57. The summed E-state index contributed by atoms with van der Waals surface area (Å²) in [5.41, 5.74) is 3.50. The average molecular weight is 695 g/mol. The third-order valence-corrected chi connectivity index (χ3v) is 13.6. The van der Waals surface area contributed by atoms with Crippen LogP contribution >= 0.6 is 0 Å². The summed E-state index contributed by atoms with van der Waals surface area (Å²) in [6, 6.07) is 31.6. The molecule has 0 saturated heterocycles. The zero-order valence-corrected chi connectivity index (χ0v) is 32.6. The third-order valence-electron chi connectivity index (χ3n) is 11.8. The number of rotatable bonds is 13. The molecule has 0 bridgehead atoms. The second-order valence-electron chi connectivity index (χ2n) is 16.1. The molecular weight excluding hydrogens is 637 g/mol. The lowest BCUT2D eigenvalue weighted by molar-refractivity contribution is 0.0802. The molecule has 5 rings (SSSR count). The van der Waals surface area contributed by atoms with Gasteiger partial charge in [0.15, 0.2) is 0 Å². The van der Waals surface area contributed by atoms with Gasteiger partial charge in [-0.05, 0) is 146 Å². The van der Waals surface area contributed by atoms with E-state index in [4.69, 9.17) is 9.47 Å². The quantitative estimate of drug-likeness (QED) is 0.140. The van der Waals surface area contributed by atoms with Crippen molar-refractivity contribution in [3.8, 4) is 17.2 Å². The molecule has 1 fully saturated rings. The summed E-state index contributed by atoms with van der Waals surface area (Å²) in [4.78, 5) is 0.567. The highest BCUT2D eigenvalue weighted by molar-refractivity contribution is 7.91. The van der Waals surface area contributed by atoms with Crippen molar-refractivity contribution in [2.75, 3.05) is 0 Å². The molecule has 0 heterocycles. The Kier molecular flexibility index (Phi) is 11.0. The highest BCUT2D eigenvalue weighted by atomic mass is 32.2. The Morgan fingerprint density at radius 3 is 1.54 bits per heavy atom. The Labute approximate surface area is 302 Å². The van der Waals surface area contributed by atoms with E-state index >= 15 is 0 Å². The topological polar surface area (TPSA) is 52.6 Å². The van der Waals surface area contributed by atoms with Crippen LogP contribution in [-0.4, -0.2) is 14.0 Å². The molecule has 50 heavy (non-hydrogen) atoms. The van der Waals surface area contributed by atoms with E-state index in [9.17, 15) is 8.42 Å². The van der Waals surface area contributed by atoms with Crippen molar-refractivity contribution in [2.24, 2.45) is 11.3 Å². The number of benzene rings is 4. The van der Waals surface area contributed by atoms with Gasteiger partial charge in [-0.3, -0.25) is 0 Å². The summed E-state index contributed by atoms with van der Waals surface area (Å²) in [5.74, 6) is 2.83. The predicted octanol–water partition coefficient (Wildman–Crippen LogP) is 12.5. The molecule has 2 unspecified atom stereocenters. The Morgan fingerprint density at radius 2 is 1.08 bits per heavy atom. The van der Waals surface area contributed by atoms with Crippen molar-refractivity contribution in [3.63, 3.8) is 0 Å². The lowest BCUT2D eigenvalue weighted by atomic mass is 9.55. The second kappa shape index (κ2) is 14.6. The lowest BCUT2D eigenvalue weighted by Gasteiger charge is -2.48. The molecule has 1 aliphatic carbocycles. The monoisotopic (exact) mass is 694 g/mol. The highest BCUT2D eigenvalue weighted by Crippen LogP contribution is 2.54. The zero-order chi connectivity index (χ0) is 36.4. The van der Waals surface area contributed by atoms with E-state index in [0.29, 0.717) is 16.6 Å². The predicted molar refractivity (Wildman–Crippen MR) is 206 cm³/mol. The molecule has 0 N–H and O–H groups in total. The van der Waals surface area contributed by atoms with Gasteiger partial charge in [-0.2, -0.15) is 0 Å². The fourth-order valence-corrected chi connectivity index (χ4v) is 9.46. The summed E-state index contributed by atoms with van der Waals surface area (Å²) in [6.07, 6.45) is 7.07. The first kappa shape index (κ1) is 37.7. The number of hydrogen-bond acceptors (Lipinski definition) is 4. The lowest BCUT2D eigenvalue weighted by Crippen LogP contribution is -2.41. The largest absolute Gasteiger partial charge is 0.488 e. The van der Waals surface area contributed by atoms with Crippen LogP contribution in [0.1, 0.15) is 124 Å². The van der Waals surface area contributed by atoms with Gasteiger partial charge in [-0.25, -0.2) is 8.42 Å². The van der Waals surface area contributed by atoms with E-state index in [1.54, 1.807) is 36.4 Å². The standard InChI is InChI=1S/C45H58O4S/c1-10-43(8,11-2)34-14-20-37(21-15-34)48-38-22-16-35(17-23-38)45(31-33(5)30-42(6,7)32-45)36-18-26-40(27-19-36)50(46,47)41-28-24-39(25-29-41)49-44(9,12-3)13-4/h14-29,33H,10-13,30-32H2,1-9H3. The Bertz CT molecular complexity index is 1810. The zero-order valence-electron chi connectivity index (χ0n) is 31.8. The summed E-state index contributed by atoms with van der Waals surface area (Å²) < 4.78 is 40.0. The van der Waals surface area contributed by atoms with Gasteiger partial charge in [0.1, 0.15) is 22.8 Å². The minimum atomic E-state index is -3.70. The summed E-state index contributed by atoms with van der Waals surface area (Å²) in [7, 11) is -3.70. The molecule has 0 aliphatic heterocycles. The minimum Gasteiger partial charge on any atom is -0.488 e. The van der Waals surface area contributed by atoms with Gasteiger partial charge in [0.05, 0.1) is 9.79 Å². The number of sulfone groups is 1. The average Bonchev–Trinajstić information content (AvgIpc) is 3.11. The van der Waals surface area contributed by atoms with Gasteiger partial charge < -0.3 is 9.47 Å². The van der Waals surface area contributed by atoms with Crippen molar-refractivity contribution in [1.82, 2.24) is 0 Å². The van der Waals surface area contributed by atoms with E-state index in [1.807, 2.05) is 12.1 Å². The molecule has 0 radical (unpaired) electrons. The molecule has 0 spiro atoms. The molecule has 2 atom stereocenters. The van der Waals surface area contributed by atoms with Gasteiger partial charge in [-0.1, -0.05) is 91.8 Å². The van der Waals surface area contributed by atoms with Crippen molar-refractivity contribution < 1.29 is 17.9 Å². The Morgan fingerprint density at radius 1 is 0.640 bits per heavy atom. The van der Waals surface area contributed by atoms with Crippen LogP contribution in [-0.2, 0) is 20.7 Å². The van der Waals surface area contributed by atoms with Crippen LogP contribution in [0.15, 0.2) is 107 Å². The van der Waals surface area contributed by atoms with Crippen LogP contribution in [0.3, 0.4) is 0 Å². The molecule has 1 aliphatic rings. The number of ether oxygens (including phenoxy) is 2. The maximum atomic E-state index is 13.8. The van der Waals surface area contributed by atoms with Crippen molar-refractivity contribution in [2.45, 2.75) is 133 Å². The highest BCUT2D eigenvalue weighted by Gasteiger charge is 2.45. The Balaban J connectivity index is 1.41. The van der Waals surface area contributed by atoms with Gasteiger partial charge in [0, 0.05) is 5.41 Å². The van der Waals surface area contributed by atoms with E-state index in [-0.39, 0.29) is 26.7 Å². The molecule has 0 amide bonds. The first-order valence-corrected chi connectivity index (χ1v) is 20.1. The molecular formula is C45H58O4S. The SMILES string of the molecule is CCC(C)(CC)Oc1ccc(S(=O)(=O)c2ccc(C3(c4ccc(Oc5ccc(C(C)(CC)CC)cc5)cc4)CC(C)CC(C)(C)C3)cc2)cc1. The van der Waals surface area contributed by atoms with Gasteiger partial charge >= 0.3 is 0 Å². The summed E-state index contributed by atoms with van der Waals surface area (Å²) in [5, 5.41) is 0. The van der Waals surface area contributed by atoms with Crippen LogP contribution in [0.5, 0.6) is 17.2 Å². The minimum absolute atomic E-state index is 0.125. The second-order valence-corrected chi connectivity index (χ2v) is 18.1. The molecule has 268 valence electrons. The number of hydrogen-bond donors (Lipinski definition) is 0. The van der Waals surface area contributed by atoms with Crippen molar-refractivity contribution in [1.29, 1.82) is 0 Å². The van der Waals surface area contributed by atoms with Crippen molar-refractivity contribution >= 4 is 9.84 Å². The first-order valence-electron chi connectivity index (χ1n) is 18.6. The molecule has 1 saturated carbocycles.